The fraction of sp³-hybridized carbons (Fsp3) is 0.667. The minimum absolute atomic E-state index is 0.779. The Bertz CT molecular complexity index is 429. The predicted octanol–water partition coefficient (Wildman–Crippen LogP) is 4.85. The topological polar surface area (TPSA) is 12.0 Å². The van der Waals surface area contributed by atoms with Gasteiger partial charge in [0.05, 0.1) is 0 Å². The van der Waals surface area contributed by atoms with Crippen LogP contribution in [0.2, 0.25) is 5.02 Å². The minimum Gasteiger partial charge on any atom is -0.319 e. The highest BCUT2D eigenvalue weighted by Gasteiger charge is 2.29. The molecule has 1 aliphatic carbocycles. The lowest BCUT2D eigenvalue weighted by Crippen LogP contribution is -2.33. The van der Waals surface area contributed by atoms with Gasteiger partial charge in [0.25, 0.3) is 0 Å². The average molecular weight is 294 g/mol. The van der Waals surface area contributed by atoms with Crippen molar-refractivity contribution in [1.82, 2.24) is 5.32 Å². The molecule has 2 heteroatoms. The zero-order valence-corrected chi connectivity index (χ0v) is 13.8. The van der Waals surface area contributed by atoms with Crippen LogP contribution < -0.4 is 5.32 Å². The second-order valence-electron chi connectivity index (χ2n) is 6.46. The quantitative estimate of drug-likeness (QED) is 0.818. The lowest BCUT2D eigenvalue weighted by atomic mass is 9.71. The Labute approximate surface area is 129 Å². The Kier molecular flexibility index (Phi) is 5.92. The third kappa shape index (κ3) is 3.99. The first-order chi connectivity index (χ1) is 9.63. The van der Waals surface area contributed by atoms with E-state index in [1.165, 1.54) is 36.8 Å². The van der Waals surface area contributed by atoms with Crippen molar-refractivity contribution in [3.63, 3.8) is 0 Å². The molecule has 3 atom stereocenters. The van der Waals surface area contributed by atoms with Crippen LogP contribution in [0, 0.1) is 24.7 Å². The summed E-state index contributed by atoms with van der Waals surface area (Å²) in [5.41, 5.74) is 2.58. The predicted molar refractivity (Wildman–Crippen MR) is 88.4 cm³/mol. The van der Waals surface area contributed by atoms with Gasteiger partial charge in [-0.05, 0) is 74.7 Å². The van der Waals surface area contributed by atoms with Crippen molar-refractivity contribution >= 4 is 11.6 Å². The molecule has 1 aromatic carbocycles. The van der Waals surface area contributed by atoms with Gasteiger partial charge in [0.2, 0.25) is 0 Å². The number of halogens is 1. The van der Waals surface area contributed by atoms with Crippen LogP contribution in [-0.4, -0.2) is 13.6 Å². The van der Waals surface area contributed by atoms with Gasteiger partial charge in [-0.3, -0.25) is 0 Å². The molecule has 0 amide bonds. The molecular weight excluding hydrogens is 266 g/mol. The van der Waals surface area contributed by atoms with E-state index in [2.05, 4.69) is 44.4 Å². The van der Waals surface area contributed by atoms with Crippen LogP contribution >= 0.6 is 11.6 Å². The molecule has 1 N–H and O–H groups in total. The van der Waals surface area contributed by atoms with Crippen molar-refractivity contribution in [1.29, 1.82) is 0 Å². The van der Waals surface area contributed by atoms with E-state index in [4.69, 9.17) is 11.6 Å². The first-order valence-corrected chi connectivity index (χ1v) is 8.41. The van der Waals surface area contributed by atoms with Gasteiger partial charge in [0, 0.05) is 5.02 Å². The Hall–Kier alpha value is -0.530. The normalized spacial score (nSPS) is 26.7. The second kappa shape index (κ2) is 7.47. The number of hydrogen-bond acceptors (Lipinski definition) is 1. The number of benzene rings is 1. The number of aryl methyl sites for hydroxylation is 1. The highest BCUT2D eigenvalue weighted by atomic mass is 35.5. The van der Waals surface area contributed by atoms with E-state index in [9.17, 15) is 0 Å². The maximum atomic E-state index is 6.43. The SMILES string of the molecule is CCC1CCC(CNC)C(Cc2ccc(C)cc2Cl)C1. The summed E-state index contributed by atoms with van der Waals surface area (Å²) in [5.74, 6) is 2.50. The molecule has 0 bridgehead atoms. The summed E-state index contributed by atoms with van der Waals surface area (Å²) in [6.07, 6.45) is 6.61. The zero-order chi connectivity index (χ0) is 14.5. The second-order valence-corrected chi connectivity index (χ2v) is 6.87. The van der Waals surface area contributed by atoms with Crippen molar-refractivity contribution in [3.05, 3.63) is 34.3 Å². The summed E-state index contributed by atoms with van der Waals surface area (Å²) in [7, 11) is 2.07. The van der Waals surface area contributed by atoms with Crippen LogP contribution in [0.15, 0.2) is 18.2 Å². The lowest BCUT2D eigenvalue weighted by Gasteiger charge is -2.36. The van der Waals surface area contributed by atoms with E-state index in [1.54, 1.807) is 0 Å². The number of rotatable bonds is 5. The van der Waals surface area contributed by atoms with Crippen molar-refractivity contribution in [2.75, 3.05) is 13.6 Å². The molecule has 3 unspecified atom stereocenters. The van der Waals surface area contributed by atoms with Crippen molar-refractivity contribution in [3.8, 4) is 0 Å². The Morgan fingerprint density at radius 3 is 2.70 bits per heavy atom. The third-order valence-electron chi connectivity index (χ3n) is 4.98. The molecule has 1 nitrogen and oxygen atoms in total. The van der Waals surface area contributed by atoms with Crippen LogP contribution in [-0.2, 0) is 6.42 Å². The van der Waals surface area contributed by atoms with Crippen molar-refractivity contribution in [2.45, 2.75) is 46.0 Å². The van der Waals surface area contributed by atoms with Crippen LogP contribution in [0.25, 0.3) is 0 Å². The summed E-state index contributed by atoms with van der Waals surface area (Å²) in [4.78, 5) is 0. The highest BCUT2D eigenvalue weighted by Crippen LogP contribution is 2.38. The van der Waals surface area contributed by atoms with Gasteiger partial charge in [-0.25, -0.2) is 0 Å². The highest BCUT2D eigenvalue weighted by molar-refractivity contribution is 6.31. The Morgan fingerprint density at radius 1 is 1.25 bits per heavy atom. The molecule has 0 saturated heterocycles. The summed E-state index contributed by atoms with van der Waals surface area (Å²) in [5, 5.41) is 4.33. The van der Waals surface area contributed by atoms with Crippen LogP contribution in [0.5, 0.6) is 0 Å². The van der Waals surface area contributed by atoms with Gasteiger partial charge in [-0.2, -0.15) is 0 Å². The number of nitrogens with one attached hydrogen (secondary N) is 1. The first-order valence-electron chi connectivity index (χ1n) is 8.03. The summed E-state index contributed by atoms with van der Waals surface area (Å²) >= 11 is 6.43. The Morgan fingerprint density at radius 2 is 2.05 bits per heavy atom. The Balaban J connectivity index is 2.09. The lowest BCUT2D eigenvalue weighted by molar-refractivity contribution is 0.173. The third-order valence-corrected chi connectivity index (χ3v) is 5.33. The van der Waals surface area contributed by atoms with E-state index in [0.717, 1.165) is 35.7 Å². The molecule has 2 rings (SSSR count). The monoisotopic (exact) mass is 293 g/mol. The van der Waals surface area contributed by atoms with E-state index in [1.807, 2.05) is 0 Å². The molecular formula is C18H28ClN. The molecule has 0 aromatic heterocycles. The van der Waals surface area contributed by atoms with Crippen molar-refractivity contribution < 1.29 is 0 Å². The zero-order valence-electron chi connectivity index (χ0n) is 13.1. The van der Waals surface area contributed by atoms with E-state index >= 15 is 0 Å². The molecule has 1 aliphatic rings. The molecule has 0 heterocycles. The maximum absolute atomic E-state index is 6.43. The van der Waals surface area contributed by atoms with Crippen LogP contribution in [0.3, 0.4) is 0 Å². The molecule has 1 saturated carbocycles. The fourth-order valence-electron chi connectivity index (χ4n) is 3.68. The average Bonchev–Trinajstić information content (AvgIpc) is 2.44. The fourth-order valence-corrected chi connectivity index (χ4v) is 3.99. The molecule has 0 aliphatic heterocycles. The van der Waals surface area contributed by atoms with Crippen molar-refractivity contribution in [2.24, 2.45) is 17.8 Å². The van der Waals surface area contributed by atoms with Gasteiger partial charge >= 0.3 is 0 Å². The molecule has 112 valence electrons. The van der Waals surface area contributed by atoms with E-state index in [-0.39, 0.29) is 0 Å². The molecule has 1 aromatic rings. The van der Waals surface area contributed by atoms with Gasteiger partial charge in [0.15, 0.2) is 0 Å². The van der Waals surface area contributed by atoms with Gasteiger partial charge in [0.1, 0.15) is 0 Å². The standard InChI is InChI=1S/C18H28ClN/c1-4-14-6-8-16(12-20-3)17(10-14)11-15-7-5-13(2)9-18(15)19/h5,7,9,14,16-17,20H,4,6,8,10-12H2,1-3H3. The minimum atomic E-state index is 0.779. The van der Waals surface area contributed by atoms with E-state index in [0.29, 0.717) is 0 Å². The van der Waals surface area contributed by atoms with Crippen LogP contribution in [0.4, 0.5) is 0 Å². The molecule has 1 fully saturated rings. The van der Waals surface area contributed by atoms with Crippen LogP contribution in [0.1, 0.15) is 43.7 Å². The van der Waals surface area contributed by atoms with E-state index < -0.39 is 0 Å². The molecule has 0 radical (unpaired) electrons. The summed E-state index contributed by atoms with van der Waals surface area (Å²) < 4.78 is 0. The molecule has 20 heavy (non-hydrogen) atoms. The van der Waals surface area contributed by atoms with Gasteiger partial charge in [-0.1, -0.05) is 43.5 Å². The van der Waals surface area contributed by atoms with Gasteiger partial charge < -0.3 is 5.32 Å². The smallest absolute Gasteiger partial charge is 0.0440 e. The first kappa shape index (κ1) is 15.9. The van der Waals surface area contributed by atoms with Gasteiger partial charge in [-0.15, -0.1) is 0 Å². The largest absolute Gasteiger partial charge is 0.319 e. The number of hydrogen-bond donors (Lipinski definition) is 1. The molecule has 0 spiro atoms. The summed E-state index contributed by atoms with van der Waals surface area (Å²) in [6, 6.07) is 6.52. The maximum Gasteiger partial charge on any atom is 0.0440 e. The summed E-state index contributed by atoms with van der Waals surface area (Å²) in [6.45, 7) is 5.58.